The third-order valence-corrected chi connectivity index (χ3v) is 2.18. The van der Waals surface area contributed by atoms with Crippen LogP contribution in [0.1, 0.15) is 19.3 Å². The quantitative estimate of drug-likeness (QED) is 0.550. The second kappa shape index (κ2) is 5.11. The molecular weight excluding hydrogens is 188 g/mol. The van der Waals surface area contributed by atoms with Crippen molar-refractivity contribution in [2.24, 2.45) is 0 Å². The van der Waals surface area contributed by atoms with E-state index in [1.165, 1.54) is 0 Å². The first-order chi connectivity index (χ1) is 6.24. The monoisotopic (exact) mass is 202 g/mol. The van der Waals surface area contributed by atoms with Crippen LogP contribution in [0.3, 0.4) is 0 Å². The van der Waals surface area contributed by atoms with E-state index in [0.29, 0.717) is 12.2 Å². The van der Waals surface area contributed by atoms with Gasteiger partial charge >= 0.3 is 0 Å². The van der Waals surface area contributed by atoms with Crippen molar-refractivity contribution in [3.63, 3.8) is 0 Å². The molecule has 0 aromatic rings. The molecule has 0 bridgehead atoms. The SMILES string of the molecule is O=C(CCS)NC1CCCNC1=O. The Balaban J connectivity index is 2.33. The van der Waals surface area contributed by atoms with E-state index in [2.05, 4.69) is 23.3 Å². The molecule has 0 aliphatic carbocycles. The fourth-order valence-corrected chi connectivity index (χ4v) is 1.48. The van der Waals surface area contributed by atoms with Gasteiger partial charge in [0.2, 0.25) is 11.8 Å². The van der Waals surface area contributed by atoms with Crippen LogP contribution in [0.15, 0.2) is 0 Å². The number of carbonyl (C=O) groups is 2. The average Bonchev–Trinajstić information content (AvgIpc) is 2.09. The fourth-order valence-electron chi connectivity index (χ4n) is 1.28. The van der Waals surface area contributed by atoms with Gasteiger partial charge in [-0.05, 0) is 18.6 Å². The Kier molecular flexibility index (Phi) is 4.08. The highest BCUT2D eigenvalue weighted by atomic mass is 32.1. The molecule has 74 valence electrons. The highest BCUT2D eigenvalue weighted by Gasteiger charge is 2.22. The van der Waals surface area contributed by atoms with E-state index in [1.54, 1.807) is 0 Å². The summed E-state index contributed by atoms with van der Waals surface area (Å²) in [6.45, 7) is 0.720. The lowest BCUT2D eigenvalue weighted by atomic mass is 10.1. The van der Waals surface area contributed by atoms with Crippen molar-refractivity contribution >= 4 is 24.4 Å². The van der Waals surface area contributed by atoms with Gasteiger partial charge in [-0.25, -0.2) is 0 Å². The summed E-state index contributed by atoms with van der Waals surface area (Å²) < 4.78 is 0. The lowest BCUT2D eigenvalue weighted by molar-refractivity contribution is -0.129. The molecule has 1 atom stereocenters. The Labute approximate surface area is 82.9 Å². The number of hydrogen-bond acceptors (Lipinski definition) is 3. The number of amides is 2. The molecule has 1 heterocycles. The normalized spacial score (nSPS) is 22.2. The van der Waals surface area contributed by atoms with Crippen LogP contribution in [-0.4, -0.2) is 30.2 Å². The van der Waals surface area contributed by atoms with Gasteiger partial charge in [0.15, 0.2) is 0 Å². The average molecular weight is 202 g/mol. The van der Waals surface area contributed by atoms with Crippen molar-refractivity contribution in [1.29, 1.82) is 0 Å². The number of hydrogen-bond donors (Lipinski definition) is 3. The molecule has 5 heteroatoms. The summed E-state index contributed by atoms with van der Waals surface area (Å²) in [6.07, 6.45) is 2.04. The molecule has 0 radical (unpaired) electrons. The number of rotatable bonds is 3. The maximum absolute atomic E-state index is 11.2. The number of nitrogens with one attached hydrogen (secondary N) is 2. The molecule has 0 saturated carbocycles. The smallest absolute Gasteiger partial charge is 0.242 e. The van der Waals surface area contributed by atoms with Crippen LogP contribution in [-0.2, 0) is 9.59 Å². The highest BCUT2D eigenvalue weighted by Crippen LogP contribution is 2.02. The van der Waals surface area contributed by atoms with Crippen LogP contribution < -0.4 is 10.6 Å². The van der Waals surface area contributed by atoms with Gasteiger partial charge in [-0.2, -0.15) is 12.6 Å². The van der Waals surface area contributed by atoms with Crippen molar-refractivity contribution in [1.82, 2.24) is 10.6 Å². The highest BCUT2D eigenvalue weighted by molar-refractivity contribution is 7.80. The molecule has 0 spiro atoms. The van der Waals surface area contributed by atoms with Crippen LogP contribution in [0.5, 0.6) is 0 Å². The minimum atomic E-state index is -0.332. The molecule has 1 aliphatic rings. The van der Waals surface area contributed by atoms with Gasteiger partial charge < -0.3 is 10.6 Å². The molecule has 13 heavy (non-hydrogen) atoms. The first kappa shape index (κ1) is 10.4. The zero-order valence-electron chi connectivity index (χ0n) is 7.38. The van der Waals surface area contributed by atoms with Crippen LogP contribution in [0.25, 0.3) is 0 Å². The van der Waals surface area contributed by atoms with E-state index in [-0.39, 0.29) is 17.9 Å². The van der Waals surface area contributed by atoms with E-state index in [4.69, 9.17) is 0 Å². The molecular formula is C8H14N2O2S. The lowest BCUT2D eigenvalue weighted by Gasteiger charge is -2.22. The molecule has 4 nitrogen and oxygen atoms in total. The number of piperidine rings is 1. The zero-order chi connectivity index (χ0) is 9.68. The summed E-state index contributed by atoms with van der Waals surface area (Å²) in [5.74, 6) is 0.344. The first-order valence-corrected chi connectivity index (χ1v) is 5.05. The summed E-state index contributed by atoms with van der Waals surface area (Å²) in [5, 5.41) is 5.38. The van der Waals surface area contributed by atoms with Gasteiger partial charge in [-0.1, -0.05) is 0 Å². The summed E-state index contributed by atoms with van der Waals surface area (Å²) in [7, 11) is 0. The Morgan fingerprint density at radius 1 is 1.69 bits per heavy atom. The fraction of sp³-hybridized carbons (Fsp3) is 0.750. The lowest BCUT2D eigenvalue weighted by Crippen LogP contribution is -2.50. The Morgan fingerprint density at radius 3 is 3.08 bits per heavy atom. The minimum Gasteiger partial charge on any atom is -0.354 e. The van der Waals surface area contributed by atoms with Gasteiger partial charge in [0, 0.05) is 13.0 Å². The number of carbonyl (C=O) groups excluding carboxylic acids is 2. The van der Waals surface area contributed by atoms with Crippen molar-refractivity contribution in [2.45, 2.75) is 25.3 Å². The predicted octanol–water partition coefficient (Wildman–Crippen LogP) is -0.299. The van der Waals surface area contributed by atoms with Crippen LogP contribution in [0.4, 0.5) is 0 Å². The maximum Gasteiger partial charge on any atom is 0.242 e. The van der Waals surface area contributed by atoms with E-state index >= 15 is 0 Å². The topological polar surface area (TPSA) is 58.2 Å². The Hall–Kier alpha value is -0.710. The van der Waals surface area contributed by atoms with Crippen LogP contribution in [0, 0.1) is 0 Å². The van der Waals surface area contributed by atoms with Crippen LogP contribution in [0.2, 0.25) is 0 Å². The van der Waals surface area contributed by atoms with E-state index in [9.17, 15) is 9.59 Å². The van der Waals surface area contributed by atoms with Gasteiger partial charge in [0.25, 0.3) is 0 Å². The summed E-state index contributed by atoms with van der Waals surface area (Å²) in [6, 6.07) is -0.332. The maximum atomic E-state index is 11.2. The van der Waals surface area contributed by atoms with Crippen molar-refractivity contribution in [3.05, 3.63) is 0 Å². The molecule has 1 rings (SSSR count). The predicted molar refractivity (Wildman–Crippen MR) is 52.6 cm³/mol. The molecule has 1 unspecified atom stereocenters. The Morgan fingerprint density at radius 2 is 2.46 bits per heavy atom. The van der Waals surface area contributed by atoms with Gasteiger partial charge in [0.05, 0.1) is 0 Å². The van der Waals surface area contributed by atoms with Crippen LogP contribution >= 0.6 is 12.6 Å². The summed E-state index contributed by atoms with van der Waals surface area (Å²) >= 11 is 3.94. The standard InChI is InChI=1S/C8H14N2O2S/c11-7(3-5-13)10-6-2-1-4-9-8(6)12/h6,13H,1-5H2,(H,9,12)(H,10,11). The molecule has 0 aromatic heterocycles. The Bertz CT molecular complexity index is 208. The third kappa shape index (κ3) is 3.26. The molecule has 2 N–H and O–H groups in total. The van der Waals surface area contributed by atoms with Gasteiger partial charge in [-0.3, -0.25) is 9.59 Å². The molecule has 0 aromatic carbocycles. The summed E-state index contributed by atoms with van der Waals surface area (Å²) in [5.41, 5.74) is 0. The molecule has 1 saturated heterocycles. The first-order valence-electron chi connectivity index (χ1n) is 4.42. The van der Waals surface area contributed by atoms with Crippen molar-refractivity contribution in [3.8, 4) is 0 Å². The summed E-state index contributed by atoms with van der Waals surface area (Å²) in [4.78, 5) is 22.3. The second-order valence-corrected chi connectivity index (χ2v) is 3.47. The number of thiol groups is 1. The van der Waals surface area contributed by atoms with Crippen molar-refractivity contribution < 1.29 is 9.59 Å². The molecule has 1 aliphatic heterocycles. The second-order valence-electron chi connectivity index (χ2n) is 3.03. The molecule has 2 amide bonds. The van der Waals surface area contributed by atoms with Gasteiger partial charge in [-0.15, -0.1) is 0 Å². The minimum absolute atomic E-state index is 0.0706. The van der Waals surface area contributed by atoms with Gasteiger partial charge in [0.1, 0.15) is 6.04 Å². The van der Waals surface area contributed by atoms with Crippen molar-refractivity contribution in [2.75, 3.05) is 12.3 Å². The third-order valence-electron chi connectivity index (χ3n) is 1.96. The van der Waals surface area contributed by atoms with E-state index in [0.717, 1.165) is 19.4 Å². The largest absolute Gasteiger partial charge is 0.354 e. The zero-order valence-corrected chi connectivity index (χ0v) is 8.27. The molecule has 1 fully saturated rings. The van der Waals surface area contributed by atoms with E-state index < -0.39 is 0 Å². The van der Waals surface area contributed by atoms with E-state index in [1.807, 2.05) is 0 Å².